The van der Waals surface area contributed by atoms with Crippen LogP contribution in [0, 0.1) is 11.3 Å². The summed E-state index contributed by atoms with van der Waals surface area (Å²) in [5.74, 6) is 0.669. The summed E-state index contributed by atoms with van der Waals surface area (Å²) in [6, 6.07) is 9.20. The van der Waals surface area contributed by atoms with Gasteiger partial charge >= 0.3 is 0 Å². The largest absolute Gasteiger partial charge is 0.334 e. The number of nitriles is 1. The van der Waals surface area contributed by atoms with E-state index in [4.69, 9.17) is 16.1 Å². The number of allylic oxidation sites excluding steroid dienone is 1. The Morgan fingerprint density at radius 3 is 2.45 bits per heavy atom. The highest BCUT2D eigenvalue weighted by Crippen LogP contribution is 2.32. The van der Waals surface area contributed by atoms with E-state index < -0.39 is 0 Å². The van der Waals surface area contributed by atoms with E-state index in [1.54, 1.807) is 24.3 Å². The first-order valence-corrected chi connectivity index (χ1v) is 8.34. The average Bonchev–Trinajstić information content (AvgIpc) is 2.94. The van der Waals surface area contributed by atoms with E-state index in [9.17, 15) is 5.26 Å². The molecular formula is C13H10ClN3OS2. The number of halogens is 1. The monoisotopic (exact) mass is 323 g/mol. The van der Waals surface area contributed by atoms with Gasteiger partial charge in [0.2, 0.25) is 5.82 Å². The summed E-state index contributed by atoms with van der Waals surface area (Å²) in [7, 11) is 0. The van der Waals surface area contributed by atoms with Crippen molar-refractivity contribution in [2.24, 2.45) is 0 Å². The normalized spacial score (nSPS) is 10.1. The number of hydrogen-bond acceptors (Lipinski definition) is 6. The van der Waals surface area contributed by atoms with Gasteiger partial charge in [0, 0.05) is 10.6 Å². The highest BCUT2D eigenvalue weighted by atomic mass is 35.5. The zero-order valence-electron chi connectivity index (χ0n) is 10.8. The van der Waals surface area contributed by atoms with Crippen LogP contribution in [0.2, 0.25) is 5.02 Å². The van der Waals surface area contributed by atoms with Crippen molar-refractivity contribution < 1.29 is 4.52 Å². The molecule has 0 spiro atoms. The topological polar surface area (TPSA) is 62.7 Å². The Bertz CT molecular complexity index is 668. The molecule has 0 radical (unpaired) electrons. The second kappa shape index (κ2) is 6.84. The summed E-state index contributed by atoms with van der Waals surface area (Å²) in [6.07, 6.45) is 3.81. The standard InChI is InChI=1S/C13H10ClN3OS2/c1-19-13(20-2)10(7-15)11-16-12(18-17-11)8-3-5-9(14)6-4-8/h3-6H,1-2H3. The van der Waals surface area contributed by atoms with E-state index in [0.29, 0.717) is 22.3 Å². The molecule has 20 heavy (non-hydrogen) atoms. The minimum atomic E-state index is 0.302. The summed E-state index contributed by atoms with van der Waals surface area (Å²) in [5.41, 5.74) is 1.19. The van der Waals surface area contributed by atoms with Crippen molar-refractivity contribution in [2.45, 2.75) is 0 Å². The smallest absolute Gasteiger partial charge is 0.258 e. The van der Waals surface area contributed by atoms with Crippen LogP contribution in [0.1, 0.15) is 5.82 Å². The van der Waals surface area contributed by atoms with Crippen molar-refractivity contribution in [3.05, 3.63) is 39.3 Å². The van der Waals surface area contributed by atoms with Gasteiger partial charge in [-0.2, -0.15) is 10.2 Å². The molecule has 1 heterocycles. The number of thioether (sulfide) groups is 2. The number of hydrogen-bond donors (Lipinski definition) is 0. The lowest BCUT2D eigenvalue weighted by Crippen LogP contribution is -1.88. The lowest BCUT2D eigenvalue weighted by Gasteiger charge is -1.99. The van der Waals surface area contributed by atoms with Gasteiger partial charge < -0.3 is 4.52 Å². The predicted molar refractivity (Wildman–Crippen MR) is 84.3 cm³/mol. The summed E-state index contributed by atoms with van der Waals surface area (Å²) in [5, 5.41) is 13.8. The van der Waals surface area contributed by atoms with Gasteiger partial charge in [0.15, 0.2) is 0 Å². The predicted octanol–water partition coefficient (Wildman–Crippen LogP) is 4.31. The molecule has 0 saturated carbocycles. The highest BCUT2D eigenvalue weighted by molar-refractivity contribution is 8.21. The van der Waals surface area contributed by atoms with Crippen molar-refractivity contribution in [1.82, 2.24) is 10.1 Å². The Labute approximate surface area is 130 Å². The van der Waals surface area contributed by atoms with E-state index in [1.807, 2.05) is 12.5 Å². The summed E-state index contributed by atoms with van der Waals surface area (Å²) < 4.78 is 6.06. The Morgan fingerprint density at radius 2 is 1.90 bits per heavy atom. The third-order valence-corrected chi connectivity index (χ3v) is 4.83. The van der Waals surface area contributed by atoms with Gasteiger partial charge in [-0.15, -0.1) is 23.5 Å². The highest BCUT2D eigenvalue weighted by Gasteiger charge is 2.16. The van der Waals surface area contributed by atoms with E-state index in [1.165, 1.54) is 23.5 Å². The van der Waals surface area contributed by atoms with E-state index in [2.05, 4.69) is 16.2 Å². The molecule has 0 aliphatic heterocycles. The van der Waals surface area contributed by atoms with E-state index in [-0.39, 0.29) is 0 Å². The van der Waals surface area contributed by atoms with Gasteiger partial charge in [0.25, 0.3) is 5.89 Å². The zero-order chi connectivity index (χ0) is 14.5. The third-order valence-electron chi connectivity index (χ3n) is 2.43. The Morgan fingerprint density at radius 1 is 1.25 bits per heavy atom. The molecule has 4 nitrogen and oxygen atoms in total. The second-order valence-corrected chi connectivity index (χ2v) is 5.94. The van der Waals surface area contributed by atoms with Gasteiger partial charge in [-0.1, -0.05) is 16.8 Å². The maximum atomic E-state index is 9.25. The summed E-state index contributed by atoms with van der Waals surface area (Å²) in [6.45, 7) is 0. The van der Waals surface area contributed by atoms with Crippen molar-refractivity contribution in [2.75, 3.05) is 12.5 Å². The Kier molecular flexibility index (Phi) is 5.12. The molecule has 0 amide bonds. The summed E-state index contributed by atoms with van der Waals surface area (Å²) >= 11 is 8.80. The second-order valence-electron chi connectivity index (χ2n) is 3.61. The zero-order valence-corrected chi connectivity index (χ0v) is 13.1. The lowest BCUT2D eigenvalue weighted by molar-refractivity contribution is 0.428. The molecule has 0 bridgehead atoms. The molecule has 0 atom stereocenters. The van der Waals surface area contributed by atoms with E-state index >= 15 is 0 Å². The lowest BCUT2D eigenvalue weighted by atomic mass is 10.2. The molecule has 7 heteroatoms. The number of benzene rings is 1. The molecule has 1 aromatic carbocycles. The average molecular weight is 324 g/mol. The number of nitrogens with zero attached hydrogens (tertiary/aromatic N) is 3. The first-order chi connectivity index (χ1) is 9.69. The molecule has 0 N–H and O–H groups in total. The molecular weight excluding hydrogens is 314 g/mol. The number of rotatable bonds is 4. The van der Waals surface area contributed by atoms with Crippen molar-refractivity contribution in [3.8, 4) is 17.5 Å². The molecule has 2 aromatic rings. The minimum absolute atomic E-state index is 0.302. The van der Waals surface area contributed by atoms with Gasteiger partial charge in [0.05, 0.1) is 4.24 Å². The van der Waals surface area contributed by atoms with Gasteiger partial charge in [-0.05, 0) is 36.8 Å². The fraction of sp³-hybridized carbons (Fsp3) is 0.154. The molecule has 0 unspecified atom stereocenters. The molecule has 102 valence electrons. The first kappa shape index (κ1) is 15.0. The van der Waals surface area contributed by atoms with Crippen LogP contribution in [0.4, 0.5) is 0 Å². The Hall–Kier alpha value is -1.42. The van der Waals surface area contributed by atoms with Crippen LogP contribution in [0.3, 0.4) is 0 Å². The fourth-order valence-corrected chi connectivity index (χ4v) is 2.98. The molecule has 2 rings (SSSR count). The van der Waals surface area contributed by atoms with Crippen LogP contribution in [0.15, 0.2) is 33.0 Å². The molecule has 0 fully saturated rings. The van der Waals surface area contributed by atoms with Crippen LogP contribution >= 0.6 is 35.1 Å². The van der Waals surface area contributed by atoms with Gasteiger partial charge in [-0.25, -0.2) is 0 Å². The number of aromatic nitrogens is 2. The third kappa shape index (κ3) is 3.18. The van der Waals surface area contributed by atoms with Crippen molar-refractivity contribution in [3.63, 3.8) is 0 Å². The SMILES string of the molecule is CSC(SC)=C(C#N)c1noc(-c2ccc(Cl)cc2)n1. The molecule has 0 saturated heterocycles. The Balaban J connectivity index is 2.40. The maximum Gasteiger partial charge on any atom is 0.258 e. The van der Waals surface area contributed by atoms with Crippen molar-refractivity contribution in [1.29, 1.82) is 5.26 Å². The quantitative estimate of drug-likeness (QED) is 0.781. The molecule has 0 aliphatic rings. The van der Waals surface area contributed by atoms with Crippen molar-refractivity contribution >= 4 is 40.7 Å². The van der Waals surface area contributed by atoms with Crippen LogP contribution in [-0.4, -0.2) is 22.7 Å². The fourth-order valence-electron chi connectivity index (χ4n) is 1.51. The van der Waals surface area contributed by atoms with E-state index in [0.717, 1.165) is 9.80 Å². The molecule has 1 aromatic heterocycles. The van der Waals surface area contributed by atoms with Gasteiger partial charge in [0.1, 0.15) is 11.6 Å². The molecule has 0 aliphatic carbocycles. The summed E-state index contributed by atoms with van der Waals surface area (Å²) in [4.78, 5) is 4.27. The minimum Gasteiger partial charge on any atom is -0.334 e. The van der Waals surface area contributed by atoms with Gasteiger partial charge in [-0.3, -0.25) is 0 Å². The first-order valence-electron chi connectivity index (χ1n) is 5.52. The van der Waals surface area contributed by atoms with Crippen LogP contribution in [0.25, 0.3) is 17.0 Å². The van der Waals surface area contributed by atoms with Crippen LogP contribution in [0.5, 0.6) is 0 Å². The maximum absolute atomic E-state index is 9.25. The van der Waals surface area contributed by atoms with Crippen LogP contribution < -0.4 is 0 Å². The van der Waals surface area contributed by atoms with Crippen LogP contribution in [-0.2, 0) is 0 Å².